The topological polar surface area (TPSA) is 9.23 Å². The van der Waals surface area contributed by atoms with E-state index < -0.39 is 0 Å². The molecule has 0 N–H and O–H groups in total. The van der Waals surface area contributed by atoms with Crippen molar-refractivity contribution in [1.82, 2.24) is 0 Å². The van der Waals surface area contributed by atoms with Crippen LogP contribution in [0.2, 0.25) is 0 Å². The Hall–Kier alpha value is -0.0400. The first kappa shape index (κ1) is 11.4. The predicted molar refractivity (Wildman–Crippen MR) is 63.9 cm³/mol. The maximum atomic E-state index is 6.31. The maximum absolute atomic E-state index is 6.31. The van der Waals surface area contributed by atoms with Gasteiger partial charge in [-0.3, -0.25) is 0 Å². The molecule has 2 aliphatic carbocycles. The molecule has 2 rings (SSSR count). The zero-order valence-electron chi connectivity index (χ0n) is 10.5. The summed E-state index contributed by atoms with van der Waals surface area (Å²) in [6.45, 7) is 7.11. The van der Waals surface area contributed by atoms with Crippen molar-refractivity contribution in [2.75, 3.05) is 0 Å². The lowest BCUT2D eigenvalue weighted by Crippen LogP contribution is -2.31. The summed E-state index contributed by atoms with van der Waals surface area (Å²) in [6.07, 6.45) is 9.20. The summed E-state index contributed by atoms with van der Waals surface area (Å²) in [5.74, 6) is 2.54. The third kappa shape index (κ3) is 2.96. The van der Waals surface area contributed by atoms with Crippen LogP contribution >= 0.6 is 0 Å². The Labute approximate surface area is 94.6 Å². The Morgan fingerprint density at radius 1 is 0.867 bits per heavy atom. The van der Waals surface area contributed by atoms with E-state index in [4.69, 9.17) is 4.74 Å². The van der Waals surface area contributed by atoms with Crippen molar-refractivity contribution in [1.29, 1.82) is 0 Å². The molecule has 0 aromatic carbocycles. The molecule has 0 spiro atoms. The van der Waals surface area contributed by atoms with E-state index in [1.54, 1.807) is 0 Å². The van der Waals surface area contributed by atoms with Gasteiger partial charge in [0, 0.05) is 0 Å². The molecule has 0 amide bonds. The molecule has 0 heterocycles. The highest BCUT2D eigenvalue weighted by molar-refractivity contribution is 4.80. The van der Waals surface area contributed by atoms with Gasteiger partial charge in [-0.05, 0) is 49.9 Å². The molecule has 0 aromatic heterocycles. The largest absolute Gasteiger partial charge is 0.375 e. The summed E-state index contributed by atoms with van der Waals surface area (Å²) in [7, 11) is 0. The van der Waals surface area contributed by atoms with E-state index in [0.717, 1.165) is 17.8 Å². The average Bonchev–Trinajstić information content (AvgIpc) is 2.50. The van der Waals surface area contributed by atoms with Crippen molar-refractivity contribution in [3.63, 3.8) is 0 Å². The molecule has 0 radical (unpaired) electrons. The van der Waals surface area contributed by atoms with E-state index in [1.165, 1.54) is 38.5 Å². The fourth-order valence-corrected chi connectivity index (χ4v) is 3.55. The molecule has 0 aliphatic heterocycles. The van der Waals surface area contributed by atoms with E-state index in [-0.39, 0.29) is 0 Å². The van der Waals surface area contributed by atoms with Crippen molar-refractivity contribution < 1.29 is 4.74 Å². The highest BCUT2D eigenvalue weighted by Gasteiger charge is 2.30. The monoisotopic (exact) mass is 210 g/mol. The normalized spacial score (nSPS) is 47.0. The third-order valence-electron chi connectivity index (χ3n) is 4.29. The Morgan fingerprint density at radius 2 is 1.53 bits per heavy atom. The minimum Gasteiger partial charge on any atom is -0.375 e. The Balaban J connectivity index is 1.83. The third-order valence-corrected chi connectivity index (χ3v) is 4.29. The van der Waals surface area contributed by atoms with E-state index in [0.29, 0.717) is 12.2 Å². The molecule has 4 atom stereocenters. The molecule has 15 heavy (non-hydrogen) atoms. The number of hydrogen-bond donors (Lipinski definition) is 0. The molecule has 1 heteroatoms. The standard InChI is InChI=1S/C14H26O/c1-10-7-11(2)9-13(8-10)15-14-6-4-5-12(14)3/h10-14H,4-9H2,1-3H3. The molecule has 0 saturated heterocycles. The van der Waals surface area contributed by atoms with Crippen LogP contribution in [0.1, 0.15) is 59.3 Å². The lowest BCUT2D eigenvalue weighted by molar-refractivity contribution is -0.0606. The zero-order chi connectivity index (χ0) is 10.8. The number of ether oxygens (including phenoxy) is 1. The molecule has 2 fully saturated rings. The number of rotatable bonds is 2. The second kappa shape index (κ2) is 4.86. The van der Waals surface area contributed by atoms with Crippen LogP contribution in [0.25, 0.3) is 0 Å². The first-order valence-corrected chi connectivity index (χ1v) is 6.80. The number of hydrogen-bond acceptors (Lipinski definition) is 1. The Bertz CT molecular complexity index is 192. The van der Waals surface area contributed by atoms with Gasteiger partial charge in [-0.15, -0.1) is 0 Å². The van der Waals surface area contributed by atoms with Gasteiger partial charge in [0.1, 0.15) is 0 Å². The summed E-state index contributed by atoms with van der Waals surface area (Å²) in [5.41, 5.74) is 0. The van der Waals surface area contributed by atoms with E-state index in [9.17, 15) is 0 Å². The summed E-state index contributed by atoms with van der Waals surface area (Å²) in [6, 6.07) is 0. The van der Waals surface area contributed by atoms with Crippen molar-refractivity contribution in [2.45, 2.75) is 71.5 Å². The van der Waals surface area contributed by atoms with Gasteiger partial charge in [0.15, 0.2) is 0 Å². The van der Waals surface area contributed by atoms with E-state index >= 15 is 0 Å². The second-order valence-corrected chi connectivity index (χ2v) is 6.12. The lowest BCUT2D eigenvalue weighted by Gasteiger charge is -2.34. The smallest absolute Gasteiger partial charge is 0.0604 e. The van der Waals surface area contributed by atoms with E-state index in [1.807, 2.05) is 0 Å². The van der Waals surface area contributed by atoms with Gasteiger partial charge >= 0.3 is 0 Å². The van der Waals surface area contributed by atoms with Gasteiger partial charge < -0.3 is 4.74 Å². The predicted octanol–water partition coefficient (Wildman–Crippen LogP) is 4.02. The zero-order valence-corrected chi connectivity index (χ0v) is 10.5. The van der Waals surface area contributed by atoms with Crippen LogP contribution in [0.5, 0.6) is 0 Å². The second-order valence-electron chi connectivity index (χ2n) is 6.12. The van der Waals surface area contributed by atoms with Crippen LogP contribution in [0.4, 0.5) is 0 Å². The molecule has 2 saturated carbocycles. The van der Waals surface area contributed by atoms with Crippen molar-refractivity contribution in [3.8, 4) is 0 Å². The van der Waals surface area contributed by atoms with Crippen LogP contribution in [0, 0.1) is 17.8 Å². The van der Waals surface area contributed by atoms with Gasteiger partial charge in [0.25, 0.3) is 0 Å². The fraction of sp³-hybridized carbons (Fsp3) is 1.00. The van der Waals surface area contributed by atoms with Gasteiger partial charge in [0.2, 0.25) is 0 Å². The molecule has 2 aliphatic rings. The van der Waals surface area contributed by atoms with Gasteiger partial charge in [-0.25, -0.2) is 0 Å². The highest BCUT2D eigenvalue weighted by atomic mass is 16.5. The molecule has 4 unspecified atom stereocenters. The van der Waals surface area contributed by atoms with Crippen molar-refractivity contribution >= 4 is 0 Å². The summed E-state index contributed by atoms with van der Waals surface area (Å²) in [4.78, 5) is 0. The average molecular weight is 210 g/mol. The van der Waals surface area contributed by atoms with Crippen LogP contribution in [0.15, 0.2) is 0 Å². The molecule has 88 valence electrons. The molecular weight excluding hydrogens is 184 g/mol. The first-order chi connectivity index (χ1) is 7.15. The van der Waals surface area contributed by atoms with Crippen LogP contribution < -0.4 is 0 Å². The van der Waals surface area contributed by atoms with Crippen LogP contribution in [-0.2, 0) is 4.74 Å². The van der Waals surface area contributed by atoms with E-state index in [2.05, 4.69) is 20.8 Å². The van der Waals surface area contributed by atoms with Gasteiger partial charge in [-0.1, -0.05) is 27.2 Å². The Morgan fingerprint density at radius 3 is 2.07 bits per heavy atom. The molecular formula is C14H26O. The van der Waals surface area contributed by atoms with Crippen LogP contribution in [-0.4, -0.2) is 12.2 Å². The molecule has 0 aromatic rings. The van der Waals surface area contributed by atoms with Gasteiger partial charge in [-0.2, -0.15) is 0 Å². The summed E-state index contributed by atoms with van der Waals surface area (Å²) >= 11 is 0. The quantitative estimate of drug-likeness (QED) is 0.669. The highest BCUT2D eigenvalue weighted by Crippen LogP contribution is 2.35. The van der Waals surface area contributed by atoms with Crippen molar-refractivity contribution in [3.05, 3.63) is 0 Å². The van der Waals surface area contributed by atoms with Crippen LogP contribution in [0.3, 0.4) is 0 Å². The summed E-state index contributed by atoms with van der Waals surface area (Å²) in [5, 5.41) is 0. The minimum atomic E-state index is 0.564. The maximum Gasteiger partial charge on any atom is 0.0604 e. The SMILES string of the molecule is CC1CC(C)CC(OC2CCCC2C)C1. The molecule has 1 nitrogen and oxygen atoms in total. The van der Waals surface area contributed by atoms with Crippen molar-refractivity contribution in [2.24, 2.45) is 17.8 Å². The molecule has 0 bridgehead atoms. The van der Waals surface area contributed by atoms with Gasteiger partial charge in [0.05, 0.1) is 12.2 Å². The minimum absolute atomic E-state index is 0.564. The summed E-state index contributed by atoms with van der Waals surface area (Å²) < 4.78 is 6.31. The Kier molecular flexibility index (Phi) is 3.71. The lowest BCUT2D eigenvalue weighted by atomic mass is 9.81. The first-order valence-electron chi connectivity index (χ1n) is 6.80. The fourth-order valence-electron chi connectivity index (χ4n) is 3.55.